The van der Waals surface area contributed by atoms with E-state index in [1.54, 1.807) is 25.4 Å². The van der Waals surface area contributed by atoms with Gasteiger partial charge in [0, 0.05) is 29.7 Å². The SMILES string of the molecule is COc1cc(Nc2nc(C)cc(Oc3ccc(S(F)(F)(F)(F)F)cc3)n2)ccc1-n1cnc(C)c1. The molecular weight excluding hydrogens is 493 g/mol. The molecule has 0 aliphatic rings. The van der Waals surface area contributed by atoms with Gasteiger partial charge >= 0.3 is 10.2 Å². The minimum Gasteiger partial charge on any atom is -0.494 e. The molecule has 0 radical (unpaired) electrons. The van der Waals surface area contributed by atoms with Crippen molar-refractivity contribution in [2.75, 3.05) is 12.4 Å². The predicted molar refractivity (Wildman–Crippen MR) is 123 cm³/mol. The molecule has 2 aromatic carbocycles. The molecule has 2 aromatic heterocycles. The Hall–Kier alpha value is -3.87. The van der Waals surface area contributed by atoms with E-state index < -0.39 is 15.1 Å². The molecule has 0 aliphatic carbocycles. The molecule has 13 heteroatoms. The monoisotopic (exact) mass is 513 g/mol. The van der Waals surface area contributed by atoms with E-state index in [0.717, 1.165) is 23.5 Å². The average Bonchev–Trinajstić information content (AvgIpc) is 3.18. The second-order valence-corrected chi connectivity index (χ2v) is 10.1. The highest BCUT2D eigenvalue weighted by Gasteiger charge is 2.65. The van der Waals surface area contributed by atoms with E-state index >= 15 is 0 Å². The van der Waals surface area contributed by atoms with Crippen LogP contribution in [0.3, 0.4) is 0 Å². The van der Waals surface area contributed by atoms with Crippen molar-refractivity contribution >= 4 is 21.9 Å². The fraction of sp³-hybridized carbons (Fsp3) is 0.136. The number of halogens is 5. The van der Waals surface area contributed by atoms with E-state index in [4.69, 9.17) is 9.47 Å². The molecule has 0 amide bonds. The number of hydrogen-bond donors (Lipinski definition) is 1. The Morgan fingerprint density at radius 1 is 0.886 bits per heavy atom. The van der Waals surface area contributed by atoms with Crippen molar-refractivity contribution in [3.63, 3.8) is 0 Å². The van der Waals surface area contributed by atoms with Crippen LogP contribution in [0.5, 0.6) is 17.4 Å². The van der Waals surface area contributed by atoms with E-state index in [1.807, 2.05) is 23.8 Å². The molecule has 1 N–H and O–H groups in total. The van der Waals surface area contributed by atoms with Crippen LogP contribution in [0, 0.1) is 13.8 Å². The third kappa shape index (κ3) is 5.80. The Kier molecular flexibility index (Phi) is 5.43. The lowest BCUT2D eigenvalue weighted by Gasteiger charge is -2.40. The van der Waals surface area contributed by atoms with E-state index in [0.29, 0.717) is 17.1 Å². The summed E-state index contributed by atoms with van der Waals surface area (Å²) in [6.07, 6.45) is 3.51. The van der Waals surface area contributed by atoms with Crippen molar-refractivity contribution < 1.29 is 28.9 Å². The van der Waals surface area contributed by atoms with Gasteiger partial charge in [-0.1, -0.05) is 19.4 Å². The van der Waals surface area contributed by atoms with Crippen LogP contribution in [0.1, 0.15) is 11.4 Å². The third-order valence-corrected chi connectivity index (χ3v) is 5.91. The van der Waals surface area contributed by atoms with Gasteiger partial charge < -0.3 is 19.4 Å². The van der Waals surface area contributed by atoms with Crippen LogP contribution < -0.4 is 14.8 Å². The smallest absolute Gasteiger partial charge is 0.310 e. The summed E-state index contributed by atoms with van der Waals surface area (Å²) < 4.78 is 77.3. The lowest BCUT2D eigenvalue weighted by Crippen LogP contribution is -2.05. The molecule has 0 spiro atoms. The third-order valence-electron chi connectivity index (χ3n) is 4.75. The number of rotatable bonds is 7. The number of nitrogens with zero attached hydrogens (tertiary/aromatic N) is 4. The first-order chi connectivity index (χ1) is 16.2. The number of methoxy groups -OCH3 is 1. The zero-order chi connectivity index (χ0) is 25.5. The van der Waals surface area contributed by atoms with Crippen molar-refractivity contribution in [3.05, 3.63) is 72.4 Å². The van der Waals surface area contributed by atoms with Crippen LogP contribution in [0.2, 0.25) is 0 Å². The normalized spacial score (nSPS) is 13.6. The summed E-state index contributed by atoms with van der Waals surface area (Å²) in [7, 11) is -8.23. The lowest BCUT2D eigenvalue weighted by molar-refractivity contribution is 0.363. The number of nitrogens with one attached hydrogen (secondary N) is 1. The van der Waals surface area contributed by atoms with Gasteiger partial charge in [0.25, 0.3) is 0 Å². The van der Waals surface area contributed by atoms with Crippen molar-refractivity contribution in [1.29, 1.82) is 0 Å². The number of benzene rings is 2. The van der Waals surface area contributed by atoms with Gasteiger partial charge in [-0.2, -0.15) is 4.98 Å². The van der Waals surface area contributed by atoms with E-state index in [-0.39, 0.29) is 29.7 Å². The van der Waals surface area contributed by atoms with Crippen LogP contribution in [0.4, 0.5) is 31.1 Å². The molecule has 0 atom stereocenters. The molecular formula is C22H20F5N5O2S. The fourth-order valence-corrected chi connectivity index (χ4v) is 3.83. The highest BCUT2D eigenvalue weighted by Crippen LogP contribution is 3.02. The van der Waals surface area contributed by atoms with Gasteiger partial charge in [-0.3, -0.25) is 0 Å². The fourth-order valence-electron chi connectivity index (χ4n) is 3.18. The highest BCUT2D eigenvalue weighted by molar-refractivity contribution is 8.45. The molecule has 2 heterocycles. The lowest BCUT2D eigenvalue weighted by atomic mass is 10.2. The molecule has 35 heavy (non-hydrogen) atoms. The molecule has 4 rings (SSSR count). The quantitative estimate of drug-likeness (QED) is 0.258. The Balaban J connectivity index is 1.55. The summed E-state index contributed by atoms with van der Waals surface area (Å²) in [6, 6.07) is 8.94. The van der Waals surface area contributed by atoms with Crippen LogP contribution in [-0.4, -0.2) is 26.6 Å². The number of aromatic nitrogens is 4. The van der Waals surface area contributed by atoms with Crippen LogP contribution in [-0.2, 0) is 0 Å². The minimum absolute atomic E-state index is 0.0116. The predicted octanol–water partition coefficient (Wildman–Crippen LogP) is 7.48. The number of anilines is 2. The van der Waals surface area contributed by atoms with Crippen molar-refractivity contribution in [1.82, 2.24) is 19.5 Å². The zero-order valence-electron chi connectivity index (χ0n) is 18.7. The Morgan fingerprint density at radius 3 is 2.20 bits per heavy atom. The second kappa shape index (κ2) is 7.83. The first kappa shape index (κ1) is 24.3. The summed E-state index contributed by atoms with van der Waals surface area (Å²) in [5, 5.41) is 3.02. The van der Waals surface area contributed by atoms with E-state index in [2.05, 4.69) is 20.3 Å². The number of imidazole rings is 1. The number of aryl methyl sites for hydroxylation is 2. The molecule has 0 saturated heterocycles. The minimum atomic E-state index is -9.76. The summed E-state index contributed by atoms with van der Waals surface area (Å²) in [5.41, 5.74) is 2.71. The van der Waals surface area contributed by atoms with Crippen molar-refractivity contribution in [3.8, 4) is 23.1 Å². The zero-order valence-corrected chi connectivity index (χ0v) is 19.5. The van der Waals surface area contributed by atoms with Crippen molar-refractivity contribution in [2.24, 2.45) is 0 Å². The number of ether oxygens (including phenoxy) is 2. The molecule has 186 valence electrons. The van der Waals surface area contributed by atoms with Crippen LogP contribution in [0.15, 0.2) is 66.0 Å². The maximum Gasteiger partial charge on any atom is 0.310 e. The Morgan fingerprint density at radius 2 is 1.60 bits per heavy atom. The summed E-state index contributed by atoms with van der Waals surface area (Å²) >= 11 is 0. The van der Waals surface area contributed by atoms with Crippen molar-refractivity contribution in [2.45, 2.75) is 18.7 Å². The second-order valence-electron chi connectivity index (χ2n) is 7.65. The van der Waals surface area contributed by atoms with Gasteiger partial charge in [0.2, 0.25) is 11.8 Å². The summed E-state index contributed by atoms with van der Waals surface area (Å²) in [4.78, 5) is 10.7. The van der Waals surface area contributed by atoms with E-state index in [9.17, 15) is 19.4 Å². The largest absolute Gasteiger partial charge is 0.494 e. The van der Waals surface area contributed by atoms with Crippen LogP contribution in [0.25, 0.3) is 5.69 Å². The molecule has 4 aromatic rings. The summed E-state index contributed by atoms with van der Waals surface area (Å²) in [5.74, 6) is 0.622. The Bertz CT molecular complexity index is 1390. The first-order valence-electron chi connectivity index (χ1n) is 10.0. The molecule has 0 unspecified atom stereocenters. The molecule has 0 bridgehead atoms. The van der Waals surface area contributed by atoms with Gasteiger partial charge in [0.1, 0.15) is 16.4 Å². The van der Waals surface area contributed by atoms with Crippen LogP contribution >= 0.6 is 10.2 Å². The standard InChI is InChI=1S/C22H20F5N5O2S/c1-14-10-21(34-17-5-7-18(8-6-17)35(23,24,25,26)27)31-22(29-14)30-16-4-9-19(20(11-16)33-3)32-12-15(2)28-13-32/h4-13H,1-3H3,(H,29,30,31). The topological polar surface area (TPSA) is 74.1 Å². The highest BCUT2D eigenvalue weighted by atomic mass is 32.5. The van der Waals surface area contributed by atoms with Gasteiger partial charge in [-0.05, 0) is 50.2 Å². The molecule has 0 fully saturated rings. The molecule has 0 saturated carbocycles. The molecule has 7 nitrogen and oxygen atoms in total. The maximum atomic E-state index is 12.9. The maximum absolute atomic E-state index is 12.9. The Labute approximate surface area is 197 Å². The summed E-state index contributed by atoms with van der Waals surface area (Å²) in [6.45, 7) is 3.54. The van der Waals surface area contributed by atoms with E-state index in [1.165, 1.54) is 13.2 Å². The van der Waals surface area contributed by atoms with Gasteiger partial charge in [0.05, 0.1) is 24.8 Å². The first-order valence-corrected chi connectivity index (χ1v) is 12.0. The van der Waals surface area contributed by atoms with Gasteiger partial charge in [-0.15, -0.1) is 0 Å². The average molecular weight is 513 g/mol. The van der Waals surface area contributed by atoms with Gasteiger partial charge in [-0.25, -0.2) is 9.97 Å². The number of hydrogen-bond acceptors (Lipinski definition) is 6. The van der Waals surface area contributed by atoms with Gasteiger partial charge in [0.15, 0.2) is 0 Å². The molecule has 0 aliphatic heterocycles.